The van der Waals surface area contributed by atoms with Crippen LogP contribution in [0, 0.1) is 10.1 Å². The second-order valence-corrected chi connectivity index (χ2v) is 10.7. The van der Waals surface area contributed by atoms with Crippen LogP contribution in [0.15, 0.2) is 45.5 Å². The maximum absolute atomic E-state index is 13.0. The number of thiazole rings is 1. The number of halogens is 4. The zero-order chi connectivity index (χ0) is 30.6. The third-order valence-electron chi connectivity index (χ3n) is 5.45. The van der Waals surface area contributed by atoms with Crippen molar-refractivity contribution in [2.24, 2.45) is 5.16 Å². The number of non-ortho nitro benzene ring substituents is 1. The van der Waals surface area contributed by atoms with Crippen LogP contribution in [0.4, 0.5) is 24.0 Å². The number of thioether (sulfide) groups is 1. The van der Waals surface area contributed by atoms with E-state index in [1.54, 1.807) is 0 Å². The van der Waals surface area contributed by atoms with E-state index in [4.69, 9.17) is 16.3 Å². The minimum atomic E-state index is -4.75. The highest BCUT2D eigenvalue weighted by Gasteiger charge is 2.54. The van der Waals surface area contributed by atoms with Crippen LogP contribution in [-0.4, -0.2) is 74.7 Å². The molecule has 1 unspecified atom stereocenters. The van der Waals surface area contributed by atoms with E-state index in [-0.39, 0.29) is 39.6 Å². The Morgan fingerprint density at radius 2 is 2.02 bits per heavy atom. The van der Waals surface area contributed by atoms with Gasteiger partial charge in [-0.25, -0.2) is 9.78 Å². The van der Waals surface area contributed by atoms with Gasteiger partial charge in [0.1, 0.15) is 29.4 Å². The van der Waals surface area contributed by atoms with Crippen LogP contribution >= 0.6 is 34.7 Å². The minimum Gasteiger partial charge on any atom is -0.456 e. The molecule has 0 spiro atoms. The Hall–Kier alpha value is -4.23. The summed E-state index contributed by atoms with van der Waals surface area (Å²) in [6.45, 7) is -2.09. The third-order valence-corrected chi connectivity index (χ3v) is 7.97. The summed E-state index contributed by atoms with van der Waals surface area (Å²) in [6, 6.07) is 4.00. The molecule has 222 valence electrons. The van der Waals surface area contributed by atoms with Gasteiger partial charge in [-0.05, 0) is 17.7 Å². The number of fused-ring (bicyclic) bond motifs is 1. The number of carbonyl (C=O) groups excluding carboxylic acids is 4. The second kappa shape index (κ2) is 12.7. The molecule has 1 fully saturated rings. The molecular weight excluding hydrogens is 633 g/mol. The molecule has 2 aromatic rings. The van der Waals surface area contributed by atoms with Crippen LogP contribution in [-0.2, 0) is 35.4 Å². The van der Waals surface area contributed by atoms with Gasteiger partial charge in [-0.15, -0.1) is 23.1 Å². The van der Waals surface area contributed by atoms with Crippen LogP contribution in [0.2, 0.25) is 0 Å². The monoisotopic (exact) mass is 648 g/mol. The molecule has 4 rings (SSSR count). The van der Waals surface area contributed by atoms with Crippen LogP contribution in [0.5, 0.6) is 0 Å². The van der Waals surface area contributed by atoms with Gasteiger partial charge in [0.25, 0.3) is 17.5 Å². The molecule has 0 saturated carbocycles. The average molecular weight is 649 g/mol. The summed E-state index contributed by atoms with van der Waals surface area (Å²) in [6.07, 6.45) is -4.45. The summed E-state index contributed by atoms with van der Waals surface area (Å²) in [4.78, 5) is 68.9. The fraction of sp³-hybridized carbons (Fsp3) is 0.273. The number of carbonyl (C=O) groups is 4. The second-order valence-electron chi connectivity index (χ2n) is 8.24. The van der Waals surface area contributed by atoms with Crippen LogP contribution in [0.3, 0.4) is 0 Å². The smallest absolute Gasteiger partial charge is 0.425 e. The van der Waals surface area contributed by atoms with Gasteiger partial charge in [-0.1, -0.05) is 16.8 Å². The van der Waals surface area contributed by atoms with E-state index in [2.05, 4.69) is 25.6 Å². The van der Waals surface area contributed by atoms with Gasteiger partial charge in [-0.3, -0.25) is 29.4 Å². The van der Waals surface area contributed by atoms with Crippen LogP contribution in [0.1, 0.15) is 11.3 Å². The molecule has 1 saturated heterocycles. The zero-order valence-electron chi connectivity index (χ0n) is 20.6. The number of β-lactam (4-membered cyclic amide) rings is 1. The van der Waals surface area contributed by atoms with Gasteiger partial charge in [-0.2, -0.15) is 13.2 Å². The van der Waals surface area contributed by atoms with Crippen LogP contribution < -0.4 is 10.6 Å². The molecule has 0 aliphatic carbocycles. The molecule has 2 aliphatic heterocycles. The van der Waals surface area contributed by atoms with E-state index >= 15 is 0 Å². The van der Waals surface area contributed by atoms with Crippen molar-refractivity contribution in [3.05, 3.63) is 61.7 Å². The number of amides is 3. The average Bonchev–Trinajstić information content (AvgIpc) is 3.40. The number of rotatable bonds is 11. The number of nitrogens with zero attached hydrogens (tertiary/aromatic N) is 4. The van der Waals surface area contributed by atoms with Crippen molar-refractivity contribution in [2.45, 2.75) is 24.2 Å². The van der Waals surface area contributed by atoms with Crippen molar-refractivity contribution < 1.29 is 46.8 Å². The normalized spacial score (nSPS) is 18.5. The first-order valence-electron chi connectivity index (χ1n) is 11.4. The Kier molecular flexibility index (Phi) is 9.32. The number of anilines is 1. The lowest BCUT2D eigenvalue weighted by molar-refractivity contribution is -0.384. The number of oxime groups is 1. The van der Waals surface area contributed by atoms with Crippen LogP contribution in [0.25, 0.3) is 0 Å². The van der Waals surface area contributed by atoms with Gasteiger partial charge in [0.2, 0.25) is 13.0 Å². The number of alkyl halides is 3. The first-order valence-corrected chi connectivity index (χ1v) is 13.7. The number of ether oxygens (including phenoxy) is 1. The van der Waals surface area contributed by atoms with E-state index in [0.717, 1.165) is 28.0 Å². The lowest BCUT2D eigenvalue weighted by Crippen LogP contribution is -2.71. The molecule has 1 aromatic heterocycles. The summed E-state index contributed by atoms with van der Waals surface area (Å²) >= 11 is 8.17. The number of benzene rings is 1. The lowest BCUT2D eigenvalue weighted by Gasteiger charge is -2.49. The Balaban J connectivity index is 1.45. The number of hydrogen-bond acceptors (Lipinski definition) is 12. The predicted octanol–water partition coefficient (Wildman–Crippen LogP) is 2.50. The topological polar surface area (TPSA) is 182 Å². The molecule has 0 bridgehead atoms. The first-order chi connectivity index (χ1) is 19.9. The van der Waals surface area contributed by atoms with E-state index < -0.39 is 52.6 Å². The molecule has 2 atom stereocenters. The number of nitrogens with one attached hydrogen (secondary N) is 2. The molecule has 1 aromatic carbocycles. The SMILES string of the molecule is O=CNc1nc(C(=NOCC(F)(F)F)C(=O)NC2C(=O)N3C(C(=O)OCc4ccc([N+](=O)[O-])cc4)=C(Cl)CS[C@@H]23)cs1. The predicted molar refractivity (Wildman–Crippen MR) is 141 cm³/mol. The Labute approximate surface area is 246 Å². The third kappa shape index (κ3) is 6.97. The Morgan fingerprint density at radius 3 is 2.67 bits per heavy atom. The van der Waals surface area contributed by atoms with Gasteiger partial charge >= 0.3 is 12.1 Å². The largest absolute Gasteiger partial charge is 0.456 e. The molecule has 20 heteroatoms. The Bertz CT molecular complexity index is 1480. The number of hydrogen-bond donors (Lipinski definition) is 2. The molecule has 0 radical (unpaired) electrons. The van der Waals surface area contributed by atoms with Gasteiger partial charge in [0, 0.05) is 23.3 Å². The van der Waals surface area contributed by atoms with Crippen molar-refractivity contribution in [3.8, 4) is 0 Å². The quantitative estimate of drug-likeness (QED) is 0.0917. The van der Waals surface area contributed by atoms with E-state index in [9.17, 15) is 42.5 Å². The molecule has 3 amide bonds. The molecule has 14 nitrogen and oxygen atoms in total. The summed E-state index contributed by atoms with van der Waals surface area (Å²) in [5, 5.41) is 19.1. The highest BCUT2D eigenvalue weighted by molar-refractivity contribution is 8.00. The number of aromatic nitrogens is 1. The fourth-order valence-electron chi connectivity index (χ4n) is 3.59. The summed E-state index contributed by atoms with van der Waals surface area (Å²) in [5.74, 6) is -2.77. The van der Waals surface area contributed by atoms with Gasteiger partial charge in [0.15, 0.2) is 10.8 Å². The van der Waals surface area contributed by atoms with Crippen molar-refractivity contribution in [2.75, 3.05) is 17.7 Å². The molecule has 42 heavy (non-hydrogen) atoms. The summed E-state index contributed by atoms with van der Waals surface area (Å²) in [7, 11) is 0. The molecule has 3 heterocycles. The number of nitro groups is 1. The number of esters is 1. The number of nitro benzene ring substituents is 1. The van der Waals surface area contributed by atoms with Crippen molar-refractivity contribution in [1.29, 1.82) is 0 Å². The zero-order valence-corrected chi connectivity index (χ0v) is 23.0. The standard InChI is InChI=1S/C22H16ClF3N6O8S2/c23-12-6-41-19-15(18(35)31(19)16(12)20(36)39-5-10-1-3-11(4-2-10)32(37)38)29-17(34)14(30-40-8-22(24,25)26)13-7-42-21(28-13)27-9-33/h1-4,7,9,15,19H,5-6,8H2,(H,29,34)(H,27,28,33)/t15?,19-/m0/s1. The highest BCUT2D eigenvalue weighted by atomic mass is 35.5. The van der Waals surface area contributed by atoms with Crippen molar-refractivity contribution >= 4 is 75.4 Å². The summed E-state index contributed by atoms with van der Waals surface area (Å²) in [5.41, 5.74) is -0.916. The maximum atomic E-state index is 13.0. The summed E-state index contributed by atoms with van der Waals surface area (Å²) < 4.78 is 42.9. The van der Waals surface area contributed by atoms with Crippen molar-refractivity contribution in [1.82, 2.24) is 15.2 Å². The molecular formula is C22H16ClF3N6O8S2. The van der Waals surface area contributed by atoms with Gasteiger partial charge in [0.05, 0.1) is 9.96 Å². The lowest BCUT2D eigenvalue weighted by atomic mass is 10.0. The Morgan fingerprint density at radius 1 is 1.31 bits per heavy atom. The van der Waals surface area contributed by atoms with E-state index in [0.29, 0.717) is 12.0 Å². The van der Waals surface area contributed by atoms with Crippen molar-refractivity contribution in [3.63, 3.8) is 0 Å². The maximum Gasteiger partial charge on any atom is 0.425 e. The molecule has 2 aliphatic rings. The first kappa shape index (κ1) is 30.7. The molecule has 2 N–H and O–H groups in total. The van der Waals surface area contributed by atoms with E-state index in [1.165, 1.54) is 29.6 Å². The minimum absolute atomic E-state index is 0.00330. The van der Waals surface area contributed by atoms with Gasteiger partial charge < -0.3 is 20.2 Å². The fourth-order valence-corrected chi connectivity index (χ4v) is 5.79. The van der Waals surface area contributed by atoms with E-state index in [1.807, 2.05) is 0 Å². The highest BCUT2D eigenvalue weighted by Crippen LogP contribution is 2.41.